The van der Waals surface area contributed by atoms with E-state index in [2.05, 4.69) is 69.4 Å². The van der Waals surface area contributed by atoms with Crippen molar-refractivity contribution in [3.63, 3.8) is 0 Å². The van der Waals surface area contributed by atoms with E-state index in [0.717, 1.165) is 89.9 Å². The topological polar surface area (TPSA) is 78.9 Å². The number of hydrogen-bond acceptors (Lipinski definition) is 6. The normalized spacial score (nSPS) is 12.3. The molecule has 0 N–H and O–H groups in total. The zero-order valence-electron chi connectivity index (χ0n) is 48.9. The highest BCUT2D eigenvalue weighted by molar-refractivity contribution is 5.71. The van der Waals surface area contributed by atoms with E-state index in [1.807, 2.05) is 0 Å². The first-order valence-electron chi connectivity index (χ1n) is 32.1. The van der Waals surface area contributed by atoms with E-state index in [-0.39, 0.29) is 31.1 Å². The third kappa shape index (κ3) is 60.1. The van der Waals surface area contributed by atoms with E-state index in [9.17, 15) is 14.4 Å². The minimum atomic E-state index is -0.780. The molecule has 0 saturated carbocycles. The highest BCUT2D eigenvalue weighted by Gasteiger charge is 2.19. The quantitative estimate of drug-likeness (QED) is 0.0261. The van der Waals surface area contributed by atoms with Gasteiger partial charge in [0.25, 0.3) is 0 Å². The van der Waals surface area contributed by atoms with E-state index < -0.39 is 6.10 Å². The van der Waals surface area contributed by atoms with Crippen molar-refractivity contribution in [2.24, 2.45) is 0 Å². The summed E-state index contributed by atoms with van der Waals surface area (Å²) in [7, 11) is 0. The van der Waals surface area contributed by atoms with Crippen LogP contribution in [0.4, 0.5) is 0 Å². The molecular formula is C67H122O6. The highest BCUT2D eigenvalue weighted by Crippen LogP contribution is 2.18. The van der Waals surface area contributed by atoms with Crippen molar-refractivity contribution in [3.8, 4) is 0 Å². The van der Waals surface area contributed by atoms with Crippen LogP contribution < -0.4 is 0 Å². The number of esters is 3. The zero-order chi connectivity index (χ0) is 52.9. The predicted octanol–water partition coefficient (Wildman–Crippen LogP) is 21.8. The lowest BCUT2D eigenvalue weighted by Gasteiger charge is -2.18. The molecule has 0 rings (SSSR count). The highest BCUT2D eigenvalue weighted by atomic mass is 16.6. The minimum absolute atomic E-state index is 0.0764. The summed E-state index contributed by atoms with van der Waals surface area (Å²) in [5, 5.41) is 0. The van der Waals surface area contributed by atoms with Gasteiger partial charge in [-0.25, -0.2) is 0 Å². The summed E-state index contributed by atoms with van der Waals surface area (Å²) < 4.78 is 16.9. The van der Waals surface area contributed by atoms with E-state index in [4.69, 9.17) is 14.2 Å². The van der Waals surface area contributed by atoms with Crippen LogP contribution in [0.5, 0.6) is 0 Å². The van der Waals surface area contributed by atoms with Gasteiger partial charge in [-0.15, -0.1) is 0 Å². The van der Waals surface area contributed by atoms with Crippen LogP contribution in [0.3, 0.4) is 0 Å². The van der Waals surface area contributed by atoms with Crippen molar-refractivity contribution in [2.75, 3.05) is 13.2 Å². The van der Waals surface area contributed by atoms with Gasteiger partial charge in [-0.3, -0.25) is 14.4 Å². The van der Waals surface area contributed by atoms with Gasteiger partial charge in [-0.2, -0.15) is 0 Å². The summed E-state index contributed by atoms with van der Waals surface area (Å²) in [4.78, 5) is 38.3. The molecule has 0 aliphatic heterocycles. The first kappa shape index (κ1) is 70.4. The van der Waals surface area contributed by atoms with Gasteiger partial charge in [0.15, 0.2) is 6.10 Å². The third-order valence-corrected chi connectivity index (χ3v) is 14.3. The fourth-order valence-corrected chi connectivity index (χ4v) is 9.51. The van der Waals surface area contributed by atoms with E-state index in [1.54, 1.807) is 0 Å². The Labute approximate surface area is 454 Å². The summed E-state index contributed by atoms with van der Waals surface area (Å²) in [5.41, 5.74) is 0. The molecule has 0 aliphatic carbocycles. The first-order valence-corrected chi connectivity index (χ1v) is 32.1. The molecule has 1 unspecified atom stereocenters. The number of carbonyl (C=O) groups is 3. The Balaban J connectivity index is 4.24. The van der Waals surface area contributed by atoms with Crippen molar-refractivity contribution in [2.45, 2.75) is 348 Å². The standard InChI is InChI=1S/C67H122O6/c1-4-7-10-13-16-19-22-25-27-29-30-31-32-33-34-35-36-38-39-42-45-48-51-54-57-60-66(69)72-63-64(62-71-65(68)59-56-53-50-47-44-41-24-21-18-15-12-9-6-3)73-67(70)61-58-55-52-49-46-43-40-37-28-26-23-20-17-14-11-8-5-2/h8,11,17,20-21,24,26,28,64H,4-7,9-10,12-16,18-19,22-23,25,27,29-63H2,1-3H3/b11-8-,20-17-,24-21-,28-26-. The van der Waals surface area contributed by atoms with E-state index in [1.165, 1.54) is 212 Å². The molecule has 0 aromatic rings. The maximum absolute atomic E-state index is 12.9. The largest absolute Gasteiger partial charge is 0.462 e. The molecule has 0 aromatic carbocycles. The summed E-state index contributed by atoms with van der Waals surface area (Å²) in [6, 6.07) is 0. The second kappa shape index (κ2) is 61.9. The van der Waals surface area contributed by atoms with Crippen molar-refractivity contribution < 1.29 is 28.6 Å². The van der Waals surface area contributed by atoms with Crippen LogP contribution in [0.15, 0.2) is 48.6 Å². The monoisotopic (exact) mass is 1020 g/mol. The van der Waals surface area contributed by atoms with Gasteiger partial charge in [0.2, 0.25) is 0 Å². The van der Waals surface area contributed by atoms with Crippen LogP contribution in [0, 0.1) is 0 Å². The molecule has 0 fully saturated rings. The van der Waals surface area contributed by atoms with Gasteiger partial charge in [-0.1, -0.05) is 294 Å². The number of allylic oxidation sites excluding steroid dienone is 8. The SMILES string of the molecule is CC/C=C\C/C=C\C/C=C\CCCCCCCCCC(=O)OC(COC(=O)CCCCCCC/C=C\CCCCCC)COC(=O)CCCCCCCCCCCCCCCCCCCCCCCCCCC. The van der Waals surface area contributed by atoms with Gasteiger partial charge in [0.1, 0.15) is 13.2 Å². The molecule has 426 valence electrons. The van der Waals surface area contributed by atoms with Crippen molar-refractivity contribution in [3.05, 3.63) is 48.6 Å². The molecule has 0 radical (unpaired) electrons. The number of ether oxygens (including phenoxy) is 3. The molecule has 6 heteroatoms. The lowest BCUT2D eigenvalue weighted by atomic mass is 10.0. The minimum Gasteiger partial charge on any atom is -0.462 e. The fourth-order valence-electron chi connectivity index (χ4n) is 9.51. The lowest BCUT2D eigenvalue weighted by Crippen LogP contribution is -2.30. The lowest BCUT2D eigenvalue weighted by molar-refractivity contribution is -0.167. The third-order valence-electron chi connectivity index (χ3n) is 14.3. The molecule has 73 heavy (non-hydrogen) atoms. The molecule has 0 aromatic heterocycles. The maximum Gasteiger partial charge on any atom is 0.306 e. The Kier molecular flexibility index (Phi) is 59.7. The molecule has 0 aliphatic rings. The molecule has 6 nitrogen and oxygen atoms in total. The van der Waals surface area contributed by atoms with Gasteiger partial charge in [0, 0.05) is 19.3 Å². The maximum atomic E-state index is 12.9. The average Bonchev–Trinajstić information content (AvgIpc) is 3.39. The van der Waals surface area contributed by atoms with Crippen molar-refractivity contribution in [1.82, 2.24) is 0 Å². The number of carbonyl (C=O) groups excluding carboxylic acids is 3. The smallest absolute Gasteiger partial charge is 0.306 e. The van der Waals surface area contributed by atoms with E-state index in [0.29, 0.717) is 19.3 Å². The van der Waals surface area contributed by atoms with Gasteiger partial charge in [0.05, 0.1) is 0 Å². The first-order chi connectivity index (χ1) is 36.0. The van der Waals surface area contributed by atoms with Crippen LogP contribution in [-0.4, -0.2) is 37.2 Å². The Morgan fingerprint density at radius 2 is 0.534 bits per heavy atom. The van der Waals surface area contributed by atoms with Gasteiger partial charge < -0.3 is 14.2 Å². The van der Waals surface area contributed by atoms with E-state index >= 15 is 0 Å². The van der Waals surface area contributed by atoms with Crippen LogP contribution in [0.2, 0.25) is 0 Å². The van der Waals surface area contributed by atoms with Crippen molar-refractivity contribution in [1.29, 1.82) is 0 Å². The van der Waals surface area contributed by atoms with Crippen LogP contribution in [0.25, 0.3) is 0 Å². The van der Waals surface area contributed by atoms with Crippen LogP contribution in [-0.2, 0) is 28.6 Å². The molecule has 0 spiro atoms. The molecule has 0 amide bonds. The van der Waals surface area contributed by atoms with Gasteiger partial charge in [-0.05, 0) is 77.0 Å². The molecular weight excluding hydrogens is 901 g/mol. The number of rotatable bonds is 59. The summed E-state index contributed by atoms with van der Waals surface area (Å²) in [5.74, 6) is -0.876. The second-order valence-electron chi connectivity index (χ2n) is 21.6. The Hall–Kier alpha value is -2.63. The molecule has 0 bridgehead atoms. The fraction of sp³-hybridized carbons (Fsp3) is 0.836. The molecule has 0 heterocycles. The second-order valence-corrected chi connectivity index (χ2v) is 21.6. The Morgan fingerprint density at radius 1 is 0.288 bits per heavy atom. The van der Waals surface area contributed by atoms with Gasteiger partial charge >= 0.3 is 17.9 Å². The Morgan fingerprint density at radius 3 is 0.863 bits per heavy atom. The number of hydrogen-bond donors (Lipinski definition) is 0. The Bertz CT molecular complexity index is 1270. The summed E-state index contributed by atoms with van der Waals surface area (Å²) in [6.07, 6.45) is 77.0. The molecule has 0 saturated heterocycles. The van der Waals surface area contributed by atoms with Crippen molar-refractivity contribution >= 4 is 17.9 Å². The van der Waals surface area contributed by atoms with Crippen LogP contribution in [0.1, 0.15) is 342 Å². The summed E-state index contributed by atoms with van der Waals surface area (Å²) >= 11 is 0. The summed E-state index contributed by atoms with van der Waals surface area (Å²) in [6.45, 7) is 6.55. The average molecular weight is 1020 g/mol. The number of unbranched alkanes of at least 4 members (excludes halogenated alkanes) is 40. The van der Waals surface area contributed by atoms with Crippen LogP contribution >= 0.6 is 0 Å². The zero-order valence-corrected chi connectivity index (χ0v) is 48.9. The predicted molar refractivity (Wildman–Crippen MR) is 316 cm³/mol. The molecule has 1 atom stereocenters.